The maximum atomic E-state index is 11.9. The van der Waals surface area contributed by atoms with Crippen molar-refractivity contribution in [2.75, 3.05) is 0 Å². The second kappa shape index (κ2) is 3.94. The molecule has 1 aromatic heterocycles. The number of nitrogens with zero attached hydrogens (tertiary/aromatic N) is 3. The Kier molecular flexibility index (Phi) is 2.85. The second-order valence-corrected chi connectivity index (χ2v) is 5.62. The SMILES string of the molecule is Cc1c2c(nn1S)CN(C(=O)OC(C)(C)C)C2. The molecular formula is C11H17N3O2S. The van der Waals surface area contributed by atoms with E-state index in [0.717, 1.165) is 17.0 Å². The van der Waals surface area contributed by atoms with Gasteiger partial charge in [0.25, 0.3) is 0 Å². The van der Waals surface area contributed by atoms with Crippen molar-refractivity contribution in [3.63, 3.8) is 0 Å². The molecule has 0 aromatic carbocycles. The maximum absolute atomic E-state index is 11.9. The third kappa shape index (κ3) is 2.41. The minimum atomic E-state index is -0.463. The summed E-state index contributed by atoms with van der Waals surface area (Å²) in [7, 11) is 0. The Morgan fingerprint density at radius 1 is 1.41 bits per heavy atom. The summed E-state index contributed by atoms with van der Waals surface area (Å²) in [5, 5.41) is 4.25. The fourth-order valence-electron chi connectivity index (χ4n) is 1.80. The summed E-state index contributed by atoms with van der Waals surface area (Å²) < 4.78 is 6.88. The summed E-state index contributed by atoms with van der Waals surface area (Å²) in [5.41, 5.74) is 2.50. The lowest BCUT2D eigenvalue weighted by Crippen LogP contribution is -2.33. The first-order valence-electron chi connectivity index (χ1n) is 5.52. The maximum Gasteiger partial charge on any atom is 0.410 e. The van der Waals surface area contributed by atoms with Crippen molar-refractivity contribution in [3.8, 4) is 0 Å². The van der Waals surface area contributed by atoms with Gasteiger partial charge in [0.05, 0.1) is 24.5 Å². The molecule has 0 radical (unpaired) electrons. The molecule has 0 fully saturated rings. The summed E-state index contributed by atoms with van der Waals surface area (Å²) in [6.45, 7) is 8.57. The fourth-order valence-corrected chi connectivity index (χ4v) is 2.02. The highest BCUT2D eigenvalue weighted by Crippen LogP contribution is 2.26. The number of hydrogen-bond acceptors (Lipinski definition) is 4. The first-order chi connectivity index (χ1) is 7.78. The Bertz CT molecular complexity index is 462. The molecule has 1 aromatic rings. The minimum absolute atomic E-state index is 0.291. The third-order valence-electron chi connectivity index (χ3n) is 2.64. The smallest absolute Gasteiger partial charge is 0.410 e. The molecule has 17 heavy (non-hydrogen) atoms. The molecule has 0 N–H and O–H groups in total. The molecule has 0 aliphatic carbocycles. The van der Waals surface area contributed by atoms with Crippen LogP contribution in [0.2, 0.25) is 0 Å². The van der Waals surface area contributed by atoms with Crippen LogP contribution >= 0.6 is 12.8 Å². The standard InChI is InChI=1S/C11H17N3O2S/c1-7-8-5-13(6-9(8)12-14(7)17)10(15)16-11(2,3)4/h17H,5-6H2,1-4H3. The quantitative estimate of drug-likeness (QED) is 0.722. The first kappa shape index (κ1) is 12.3. The van der Waals surface area contributed by atoms with Crippen LogP contribution in [0, 0.1) is 6.92 Å². The van der Waals surface area contributed by atoms with Crippen LogP contribution in [0.25, 0.3) is 0 Å². The topological polar surface area (TPSA) is 47.4 Å². The summed E-state index contributed by atoms with van der Waals surface area (Å²) in [6, 6.07) is 0. The molecule has 5 nitrogen and oxygen atoms in total. The zero-order chi connectivity index (χ0) is 12.8. The molecule has 0 unspecified atom stereocenters. The Labute approximate surface area is 106 Å². The molecule has 1 aliphatic heterocycles. The van der Waals surface area contributed by atoms with Crippen molar-refractivity contribution in [3.05, 3.63) is 17.0 Å². The molecule has 0 saturated heterocycles. The zero-order valence-corrected chi connectivity index (χ0v) is 11.4. The van der Waals surface area contributed by atoms with Gasteiger partial charge in [-0.25, -0.2) is 8.88 Å². The van der Waals surface area contributed by atoms with Gasteiger partial charge in [0.15, 0.2) is 0 Å². The molecule has 0 saturated carbocycles. The Balaban J connectivity index is 2.08. The number of hydrogen-bond donors (Lipinski definition) is 1. The van der Waals surface area contributed by atoms with Crippen molar-refractivity contribution in [1.29, 1.82) is 0 Å². The van der Waals surface area contributed by atoms with Gasteiger partial charge in [0, 0.05) is 5.56 Å². The summed E-state index contributed by atoms with van der Waals surface area (Å²) in [4.78, 5) is 13.5. The van der Waals surface area contributed by atoms with Gasteiger partial charge in [0.1, 0.15) is 5.60 Å². The van der Waals surface area contributed by atoms with Crippen LogP contribution in [-0.4, -0.2) is 25.8 Å². The van der Waals surface area contributed by atoms with Gasteiger partial charge in [-0.15, -0.1) is 0 Å². The monoisotopic (exact) mass is 255 g/mol. The van der Waals surface area contributed by atoms with E-state index in [0.29, 0.717) is 13.1 Å². The predicted molar refractivity (Wildman–Crippen MR) is 66.8 cm³/mol. The molecule has 0 spiro atoms. The van der Waals surface area contributed by atoms with E-state index < -0.39 is 5.60 Å². The highest BCUT2D eigenvalue weighted by molar-refractivity contribution is 7.78. The van der Waals surface area contributed by atoms with Gasteiger partial charge in [0.2, 0.25) is 0 Å². The van der Waals surface area contributed by atoms with E-state index in [4.69, 9.17) is 4.74 Å². The molecule has 2 rings (SSSR count). The van der Waals surface area contributed by atoms with Crippen LogP contribution < -0.4 is 0 Å². The van der Waals surface area contributed by atoms with Crippen LogP contribution in [0.1, 0.15) is 37.7 Å². The minimum Gasteiger partial charge on any atom is -0.444 e. The van der Waals surface area contributed by atoms with Crippen molar-refractivity contribution in [1.82, 2.24) is 14.1 Å². The molecule has 0 bridgehead atoms. The van der Waals surface area contributed by atoms with Crippen LogP contribution in [-0.2, 0) is 17.8 Å². The van der Waals surface area contributed by atoms with E-state index in [9.17, 15) is 4.79 Å². The molecule has 0 atom stereocenters. The van der Waals surface area contributed by atoms with E-state index in [1.807, 2.05) is 27.7 Å². The third-order valence-corrected chi connectivity index (χ3v) is 3.03. The number of carbonyl (C=O) groups excluding carboxylic acids is 1. The molecule has 1 aliphatic rings. The van der Waals surface area contributed by atoms with E-state index in [1.54, 1.807) is 8.99 Å². The Hall–Kier alpha value is -1.17. The summed E-state index contributed by atoms with van der Waals surface area (Å²) in [6.07, 6.45) is -0.291. The highest BCUT2D eigenvalue weighted by Gasteiger charge is 2.31. The van der Waals surface area contributed by atoms with E-state index in [-0.39, 0.29) is 6.09 Å². The van der Waals surface area contributed by atoms with Gasteiger partial charge in [-0.05, 0) is 40.5 Å². The van der Waals surface area contributed by atoms with Gasteiger partial charge < -0.3 is 4.74 Å². The highest BCUT2D eigenvalue weighted by atomic mass is 32.1. The number of carbonyl (C=O) groups is 1. The largest absolute Gasteiger partial charge is 0.444 e. The molecule has 1 amide bonds. The van der Waals surface area contributed by atoms with Crippen molar-refractivity contribution >= 4 is 18.9 Å². The second-order valence-electron chi connectivity index (χ2n) is 5.24. The van der Waals surface area contributed by atoms with E-state index in [1.165, 1.54) is 0 Å². The molecule has 94 valence electrons. The summed E-state index contributed by atoms with van der Waals surface area (Å²) >= 11 is 4.20. The first-order valence-corrected chi connectivity index (χ1v) is 5.92. The zero-order valence-electron chi connectivity index (χ0n) is 10.5. The van der Waals surface area contributed by atoms with Crippen molar-refractivity contribution in [2.45, 2.75) is 46.4 Å². The lowest BCUT2D eigenvalue weighted by atomic mass is 10.2. The van der Waals surface area contributed by atoms with Gasteiger partial charge in [-0.3, -0.25) is 4.90 Å². The average Bonchev–Trinajstić information content (AvgIpc) is 2.66. The lowest BCUT2D eigenvalue weighted by Gasteiger charge is -2.24. The predicted octanol–water partition coefficient (Wildman–Crippen LogP) is 2.14. The summed E-state index contributed by atoms with van der Waals surface area (Å²) in [5.74, 6) is 0. The van der Waals surface area contributed by atoms with Gasteiger partial charge >= 0.3 is 6.09 Å². The number of amides is 1. The number of ether oxygens (including phenoxy) is 1. The van der Waals surface area contributed by atoms with Crippen molar-refractivity contribution < 1.29 is 9.53 Å². The fraction of sp³-hybridized carbons (Fsp3) is 0.636. The average molecular weight is 255 g/mol. The van der Waals surface area contributed by atoms with Crippen molar-refractivity contribution in [2.24, 2.45) is 0 Å². The number of rotatable bonds is 0. The van der Waals surface area contributed by atoms with Gasteiger partial charge in [-0.1, -0.05) is 0 Å². The van der Waals surface area contributed by atoms with Crippen LogP contribution in [0.15, 0.2) is 0 Å². The lowest BCUT2D eigenvalue weighted by molar-refractivity contribution is 0.0239. The number of thiol groups is 1. The van der Waals surface area contributed by atoms with Crippen LogP contribution in [0.5, 0.6) is 0 Å². The molecule has 2 heterocycles. The Morgan fingerprint density at radius 2 is 2.06 bits per heavy atom. The van der Waals surface area contributed by atoms with Crippen LogP contribution in [0.4, 0.5) is 4.79 Å². The van der Waals surface area contributed by atoms with Crippen LogP contribution in [0.3, 0.4) is 0 Å². The van der Waals surface area contributed by atoms with Gasteiger partial charge in [-0.2, -0.15) is 5.10 Å². The molecular weight excluding hydrogens is 238 g/mol. The Morgan fingerprint density at radius 3 is 2.59 bits per heavy atom. The van der Waals surface area contributed by atoms with E-state index in [2.05, 4.69) is 17.9 Å². The number of fused-ring (bicyclic) bond motifs is 1. The normalized spacial score (nSPS) is 15.0. The molecule has 6 heteroatoms. The number of aromatic nitrogens is 2. The van der Waals surface area contributed by atoms with E-state index >= 15 is 0 Å².